The molecule has 0 saturated heterocycles. The van der Waals surface area contributed by atoms with Crippen molar-refractivity contribution in [3.05, 3.63) is 89.6 Å². The minimum Gasteiger partial charge on any atom is -0.505 e. The van der Waals surface area contributed by atoms with Crippen LogP contribution in [0.4, 0.5) is 34.1 Å². The van der Waals surface area contributed by atoms with E-state index in [0.717, 1.165) is 67.8 Å². The molecule has 342 valence electrons. The molecule has 1 aromatic heterocycles. The SMILES string of the molecule is COc1cc(S(=O)(=O)O)c(OC)cc1/N=N/c1ccc(/N=N/c2c(S(=O)(=O)O)cc3cc(-n4nc(C(=O)O)c(/N=N/c5ccc(S(=O)(=O)O)cc5C(=O)O)c4O)ccc3c2O)c(C(=O)O)c1. The van der Waals surface area contributed by atoms with Gasteiger partial charge in [0.2, 0.25) is 11.6 Å². The van der Waals surface area contributed by atoms with Gasteiger partial charge < -0.3 is 35.0 Å². The molecule has 0 fully saturated rings. The van der Waals surface area contributed by atoms with E-state index in [1.54, 1.807) is 0 Å². The molecular formula is C36H26N8O19S3. The summed E-state index contributed by atoms with van der Waals surface area (Å²) in [7, 11) is -12.6. The van der Waals surface area contributed by atoms with Gasteiger partial charge >= 0.3 is 17.9 Å². The number of rotatable bonds is 15. The van der Waals surface area contributed by atoms with Gasteiger partial charge in [0.05, 0.1) is 41.6 Å². The number of hydrogen-bond acceptors (Lipinski definition) is 20. The van der Waals surface area contributed by atoms with Crippen LogP contribution in [-0.2, 0) is 30.4 Å². The number of carboxylic acid groups (broad SMARTS) is 3. The number of phenols is 1. The first-order valence-corrected chi connectivity index (χ1v) is 21.7. The predicted molar refractivity (Wildman–Crippen MR) is 220 cm³/mol. The number of aromatic nitrogens is 2. The highest BCUT2D eigenvalue weighted by atomic mass is 32.2. The Balaban J connectivity index is 1.38. The lowest BCUT2D eigenvalue weighted by atomic mass is 10.1. The molecule has 0 aliphatic carbocycles. The second-order valence-corrected chi connectivity index (χ2v) is 17.1. The fourth-order valence-corrected chi connectivity index (χ4v) is 7.63. The van der Waals surface area contributed by atoms with Crippen LogP contribution in [-0.4, -0.2) is 106 Å². The fourth-order valence-electron chi connectivity index (χ4n) is 5.81. The molecule has 27 nitrogen and oxygen atoms in total. The van der Waals surface area contributed by atoms with E-state index in [9.17, 15) is 78.8 Å². The summed E-state index contributed by atoms with van der Waals surface area (Å²) in [5.74, 6) is -7.56. The number of methoxy groups -OCH3 is 2. The van der Waals surface area contributed by atoms with Crippen molar-refractivity contribution in [3.63, 3.8) is 0 Å². The number of aromatic carboxylic acids is 3. The lowest BCUT2D eigenvalue weighted by molar-refractivity contribution is 0.0681. The van der Waals surface area contributed by atoms with E-state index in [0.29, 0.717) is 10.7 Å². The van der Waals surface area contributed by atoms with Crippen molar-refractivity contribution in [2.24, 2.45) is 30.7 Å². The zero-order valence-corrected chi connectivity index (χ0v) is 35.2. The zero-order chi connectivity index (χ0) is 48.6. The highest BCUT2D eigenvalue weighted by molar-refractivity contribution is 7.86. The number of aromatic hydroxyl groups is 2. The van der Waals surface area contributed by atoms with Crippen LogP contribution in [0.5, 0.6) is 23.1 Å². The molecule has 0 aliphatic rings. The Labute approximate surface area is 368 Å². The molecule has 0 radical (unpaired) electrons. The Morgan fingerprint density at radius 3 is 1.71 bits per heavy atom. The molecular weight excluding hydrogens is 945 g/mol. The van der Waals surface area contributed by atoms with Crippen LogP contribution in [0.1, 0.15) is 31.2 Å². The van der Waals surface area contributed by atoms with Gasteiger partial charge in [-0.2, -0.15) is 40.1 Å². The molecule has 1 heterocycles. The largest absolute Gasteiger partial charge is 0.505 e. The van der Waals surface area contributed by atoms with E-state index >= 15 is 0 Å². The molecule has 0 unspecified atom stereocenters. The van der Waals surface area contributed by atoms with Crippen LogP contribution in [0.25, 0.3) is 16.5 Å². The molecule has 0 saturated carbocycles. The molecule has 30 heteroatoms. The third-order valence-corrected chi connectivity index (χ3v) is 11.4. The van der Waals surface area contributed by atoms with Crippen LogP contribution in [0, 0.1) is 0 Å². The quantitative estimate of drug-likeness (QED) is 0.0400. The Kier molecular flexibility index (Phi) is 12.7. The van der Waals surface area contributed by atoms with E-state index in [4.69, 9.17) is 9.47 Å². The van der Waals surface area contributed by atoms with Crippen molar-refractivity contribution in [1.29, 1.82) is 0 Å². The maximum atomic E-state index is 12.6. The third kappa shape index (κ3) is 9.61. The summed E-state index contributed by atoms with van der Waals surface area (Å²) in [6, 6.07) is 11.5. The van der Waals surface area contributed by atoms with Crippen LogP contribution in [0.15, 0.2) is 118 Å². The first kappa shape index (κ1) is 47.2. The standard InChI is InChI=1S/C36H26N8O19S3/c1-62-25-14-27(65(56,57)58)26(63-2)13-24(25)40-37-16-3-7-22(20(11-16)34(47)48)38-41-29-28(66(59,60)61)10-15-9-17(4-6-19(15)32(29)45)44-33(46)30(31(43-44)36(51)52)42-39-23-8-5-18(64(53,54)55)12-21(23)35(49)50/h3-14,45-46H,1-2H3,(H,47,48)(H,49,50)(H,51,52)(H,53,54,55)(H,56,57,58)(H,59,60,61)/b40-37+,41-38+,42-39+. The van der Waals surface area contributed by atoms with Crippen molar-refractivity contribution >= 4 is 93.2 Å². The zero-order valence-electron chi connectivity index (χ0n) is 32.8. The van der Waals surface area contributed by atoms with Gasteiger partial charge in [-0.25, -0.2) is 14.4 Å². The van der Waals surface area contributed by atoms with Gasteiger partial charge in [0.15, 0.2) is 11.4 Å². The maximum absolute atomic E-state index is 12.6. The number of nitrogens with zero attached hydrogens (tertiary/aromatic N) is 8. The molecule has 8 N–H and O–H groups in total. The summed E-state index contributed by atoms with van der Waals surface area (Å²) in [6.45, 7) is 0. The van der Waals surface area contributed by atoms with Gasteiger partial charge in [0.25, 0.3) is 30.4 Å². The van der Waals surface area contributed by atoms with E-state index in [1.165, 1.54) is 13.2 Å². The Morgan fingerprint density at radius 1 is 0.576 bits per heavy atom. The summed E-state index contributed by atoms with van der Waals surface area (Å²) in [5, 5.41) is 77.6. The average Bonchev–Trinajstić information content (AvgIpc) is 3.58. The number of fused-ring (bicyclic) bond motifs is 1. The highest BCUT2D eigenvalue weighted by Gasteiger charge is 2.27. The monoisotopic (exact) mass is 970 g/mol. The molecule has 6 aromatic rings. The fraction of sp³-hybridized carbons (Fsp3) is 0.0556. The summed E-state index contributed by atoms with van der Waals surface area (Å²) in [5.41, 5.74) is -5.49. The molecule has 0 bridgehead atoms. The van der Waals surface area contributed by atoms with Crippen molar-refractivity contribution in [2.45, 2.75) is 14.7 Å². The minimum absolute atomic E-state index is 0.110. The number of benzene rings is 5. The van der Waals surface area contributed by atoms with Crippen molar-refractivity contribution in [1.82, 2.24) is 9.78 Å². The third-order valence-electron chi connectivity index (χ3n) is 8.83. The molecule has 0 atom stereocenters. The van der Waals surface area contributed by atoms with Crippen LogP contribution < -0.4 is 9.47 Å². The van der Waals surface area contributed by atoms with Gasteiger partial charge in [-0.05, 0) is 66.0 Å². The van der Waals surface area contributed by atoms with Gasteiger partial charge in [-0.15, -0.1) is 25.6 Å². The van der Waals surface area contributed by atoms with Gasteiger partial charge in [0, 0.05) is 17.5 Å². The topological polar surface area (TPSA) is 426 Å². The summed E-state index contributed by atoms with van der Waals surface area (Å²) in [4.78, 5) is 33.6. The normalized spacial score (nSPS) is 12.4. The highest BCUT2D eigenvalue weighted by Crippen LogP contribution is 2.44. The number of hydrogen-bond donors (Lipinski definition) is 8. The first-order chi connectivity index (χ1) is 30.8. The number of phenolic OH excluding ortho intramolecular Hbond substituents is 1. The van der Waals surface area contributed by atoms with Crippen LogP contribution >= 0.6 is 0 Å². The van der Waals surface area contributed by atoms with Gasteiger partial charge in [-0.1, -0.05) is 0 Å². The van der Waals surface area contributed by atoms with Gasteiger partial charge in [0.1, 0.15) is 44.0 Å². The number of carbonyl (C=O) groups is 3. The maximum Gasteiger partial charge on any atom is 0.358 e. The predicted octanol–water partition coefficient (Wildman–Crippen LogP) is 6.53. The van der Waals surface area contributed by atoms with Gasteiger partial charge in [-0.3, -0.25) is 13.7 Å². The summed E-state index contributed by atoms with van der Waals surface area (Å²) < 4.78 is 111. The average molecular weight is 971 g/mol. The van der Waals surface area contributed by atoms with Crippen molar-refractivity contribution < 1.29 is 88.3 Å². The lowest BCUT2D eigenvalue weighted by Crippen LogP contribution is -2.03. The molecule has 0 amide bonds. The Bertz CT molecular complexity index is 3500. The molecule has 0 aliphatic heterocycles. The second-order valence-electron chi connectivity index (χ2n) is 12.9. The molecule has 5 aromatic carbocycles. The smallest absolute Gasteiger partial charge is 0.358 e. The van der Waals surface area contributed by atoms with E-state index in [1.807, 2.05) is 0 Å². The minimum atomic E-state index is -5.28. The van der Waals surface area contributed by atoms with E-state index in [2.05, 4.69) is 35.8 Å². The number of carboxylic acids is 3. The molecule has 66 heavy (non-hydrogen) atoms. The second kappa shape index (κ2) is 17.7. The van der Waals surface area contributed by atoms with E-state index < -0.39 is 114 Å². The Morgan fingerprint density at radius 2 is 1.15 bits per heavy atom. The molecule has 0 spiro atoms. The number of azo groups is 3. The van der Waals surface area contributed by atoms with Crippen LogP contribution in [0.2, 0.25) is 0 Å². The lowest BCUT2D eigenvalue weighted by Gasteiger charge is -2.11. The first-order valence-electron chi connectivity index (χ1n) is 17.4. The summed E-state index contributed by atoms with van der Waals surface area (Å²) in [6.07, 6.45) is 0. The van der Waals surface area contributed by atoms with Crippen molar-refractivity contribution in [3.8, 4) is 28.8 Å². The van der Waals surface area contributed by atoms with Crippen LogP contribution in [0.3, 0.4) is 0 Å². The van der Waals surface area contributed by atoms with Crippen molar-refractivity contribution in [2.75, 3.05) is 14.2 Å². The van der Waals surface area contributed by atoms with E-state index in [-0.39, 0.29) is 39.3 Å². The number of ether oxygens (including phenoxy) is 2. The summed E-state index contributed by atoms with van der Waals surface area (Å²) >= 11 is 0. The Hall–Kier alpha value is -8.29. The molecule has 6 rings (SSSR count).